The number of allylic oxidation sites excluding steroid dienone is 4. The number of hydrogen-bond acceptors (Lipinski definition) is 1. The molecule has 24 heavy (non-hydrogen) atoms. The minimum absolute atomic E-state index is 0.110. The molecule has 0 aliphatic heterocycles. The number of benzene rings is 2. The van der Waals surface area contributed by atoms with Crippen molar-refractivity contribution >= 4 is 5.57 Å². The average Bonchev–Trinajstić information content (AvgIpc) is 3.16. The van der Waals surface area contributed by atoms with E-state index in [0.717, 1.165) is 11.1 Å². The van der Waals surface area contributed by atoms with Crippen LogP contribution in [0.5, 0.6) is 0 Å². The van der Waals surface area contributed by atoms with Crippen molar-refractivity contribution < 1.29 is 0 Å². The van der Waals surface area contributed by atoms with Crippen LogP contribution in [0.4, 0.5) is 0 Å². The first kappa shape index (κ1) is 15.8. The van der Waals surface area contributed by atoms with Gasteiger partial charge < -0.3 is 4.57 Å². The van der Waals surface area contributed by atoms with Crippen molar-refractivity contribution in [3.63, 3.8) is 0 Å². The van der Waals surface area contributed by atoms with Gasteiger partial charge in [0.05, 0.1) is 12.4 Å². The molecular formula is C22H20N2. The van der Waals surface area contributed by atoms with Crippen molar-refractivity contribution in [1.82, 2.24) is 9.55 Å². The Balaban J connectivity index is 2.02. The first-order valence-corrected chi connectivity index (χ1v) is 7.91. The minimum atomic E-state index is 0.110. The van der Waals surface area contributed by atoms with Gasteiger partial charge in [0, 0.05) is 12.4 Å². The topological polar surface area (TPSA) is 17.8 Å². The van der Waals surface area contributed by atoms with Crippen LogP contribution in [-0.2, 0) is 0 Å². The second-order valence-corrected chi connectivity index (χ2v) is 5.51. The van der Waals surface area contributed by atoms with Gasteiger partial charge in [-0.15, -0.1) is 0 Å². The Bertz CT molecular complexity index is 825. The summed E-state index contributed by atoms with van der Waals surface area (Å²) in [7, 11) is 0. The molecule has 2 heteroatoms. The molecule has 1 unspecified atom stereocenters. The number of imidazole rings is 1. The third kappa shape index (κ3) is 3.28. The molecule has 0 saturated carbocycles. The summed E-state index contributed by atoms with van der Waals surface area (Å²) in [6, 6.07) is 19.1. The van der Waals surface area contributed by atoms with E-state index in [1.807, 2.05) is 36.9 Å². The summed E-state index contributed by atoms with van der Waals surface area (Å²) < 4.78 is 2.12. The van der Waals surface area contributed by atoms with Crippen molar-refractivity contribution in [2.75, 3.05) is 0 Å². The summed E-state index contributed by atoms with van der Waals surface area (Å²) in [6.07, 6.45) is 11.3. The van der Waals surface area contributed by atoms with Crippen LogP contribution in [0.25, 0.3) is 5.57 Å². The van der Waals surface area contributed by atoms with Crippen LogP contribution in [-0.4, -0.2) is 9.55 Å². The zero-order valence-corrected chi connectivity index (χ0v) is 13.5. The Morgan fingerprint density at radius 1 is 0.958 bits per heavy atom. The van der Waals surface area contributed by atoms with Crippen molar-refractivity contribution in [2.24, 2.45) is 0 Å². The molecule has 0 aliphatic carbocycles. The monoisotopic (exact) mass is 312 g/mol. The fourth-order valence-electron chi connectivity index (χ4n) is 2.86. The van der Waals surface area contributed by atoms with Crippen LogP contribution in [0.1, 0.15) is 22.7 Å². The Kier molecular flexibility index (Phi) is 4.87. The van der Waals surface area contributed by atoms with E-state index in [1.165, 1.54) is 11.1 Å². The summed E-state index contributed by atoms with van der Waals surface area (Å²) in [6.45, 7) is 7.63. The van der Waals surface area contributed by atoms with Gasteiger partial charge in [-0.25, -0.2) is 4.98 Å². The first-order chi connectivity index (χ1) is 11.8. The highest BCUT2D eigenvalue weighted by Crippen LogP contribution is 2.28. The van der Waals surface area contributed by atoms with E-state index >= 15 is 0 Å². The van der Waals surface area contributed by atoms with Crippen LogP contribution in [0, 0.1) is 0 Å². The lowest BCUT2D eigenvalue weighted by molar-refractivity contribution is 0.677. The van der Waals surface area contributed by atoms with E-state index < -0.39 is 0 Å². The highest BCUT2D eigenvalue weighted by Gasteiger charge is 2.15. The van der Waals surface area contributed by atoms with Crippen molar-refractivity contribution in [1.29, 1.82) is 0 Å². The molecule has 0 radical (unpaired) electrons. The predicted octanol–water partition coefficient (Wildman–Crippen LogP) is 5.28. The lowest BCUT2D eigenvalue weighted by atomic mass is 9.96. The molecule has 0 aliphatic rings. The Hall–Kier alpha value is -3.13. The van der Waals surface area contributed by atoms with Crippen molar-refractivity contribution in [3.05, 3.63) is 121 Å². The molecule has 0 fully saturated rings. The quantitative estimate of drug-likeness (QED) is 0.566. The van der Waals surface area contributed by atoms with E-state index in [1.54, 1.807) is 6.08 Å². The van der Waals surface area contributed by atoms with Gasteiger partial charge >= 0.3 is 0 Å². The summed E-state index contributed by atoms with van der Waals surface area (Å²) in [4.78, 5) is 4.21. The molecule has 0 N–H and O–H groups in total. The van der Waals surface area contributed by atoms with Gasteiger partial charge in [0.15, 0.2) is 0 Å². The highest BCUT2D eigenvalue weighted by atomic mass is 15.0. The number of nitrogens with zero attached hydrogens (tertiary/aromatic N) is 2. The van der Waals surface area contributed by atoms with Gasteiger partial charge in [-0.2, -0.15) is 0 Å². The van der Waals surface area contributed by atoms with Gasteiger partial charge in [-0.3, -0.25) is 0 Å². The number of hydrogen-bond donors (Lipinski definition) is 0. The highest BCUT2D eigenvalue weighted by molar-refractivity contribution is 5.74. The van der Waals surface area contributed by atoms with E-state index in [2.05, 4.69) is 71.2 Å². The van der Waals surface area contributed by atoms with E-state index in [4.69, 9.17) is 0 Å². The van der Waals surface area contributed by atoms with Gasteiger partial charge in [0.1, 0.15) is 0 Å². The largest absolute Gasteiger partial charge is 0.326 e. The van der Waals surface area contributed by atoms with Crippen LogP contribution in [0.15, 0.2) is 105 Å². The molecule has 1 aromatic heterocycles. The molecule has 2 nitrogen and oxygen atoms in total. The normalized spacial score (nSPS) is 12.6. The average molecular weight is 312 g/mol. The van der Waals surface area contributed by atoms with E-state index in [0.29, 0.717) is 0 Å². The fraction of sp³-hybridized carbons (Fsp3) is 0.0455. The smallest absolute Gasteiger partial charge is 0.0954 e. The van der Waals surface area contributed by atoms with Crippen molar-refractivity contribution in [2.45, 2.75) is 6.04 Å². The van der Waals surface area contributed by atoms with Crippen LogP contribution >= 0.6 is 0 Å². The molecule has 0 bridgehead atoms. The summed E-state index contributed by atoms with van der Waals surface area (Å²) >= 11 is 0. The molecule has 2 aromatic carbocycles. The zero-order valence-electron chi connectivity index (χ0n) is 13.5. The lowest BCUT2D eigenvalue weighted by Gasteiger charge is -2.20. The Labute approximate surface area is 143 Å². The zero-order chi connectivity index (χ0) is 16.8. The third-order valence-corrected chi connectivity index (χ3v) is 4.02. The Morgan fingerprint density at radius 3 is 2.25 bits per heavy atom. The van der Waals surface area contributed by atoms with Crippen LogP contribution in [0.3, 0.4) is 0 Å². The maximum absolute atomic E-state index is 4.21. The number of rotatable bonds is 6. The van der Waals surface area contributed by atoms with Crippen LogP contribution < -0.4 is 0 Å². The van der Waals surface area contributed by atoms with Crippen LogP contribution in [0.2, 0.25) is 0 Å². The predicted molar refractivity (Wildman–Crippen MR) is 101 cm³/mol. The molecule has 1 atom stereocenters. The standard InChI is InChI=1S/C22H20N2/c1-3-8-18(4-2)19-11-13-21(14-12-19)22(24-16-15-23-17-24)20-9-6-5-7-10-20/h3-17,22H,1-2H2/b18-8+. The summed E-state index contributed by atoms with van der Waals surface area (Å²) in [5.74, 6) is 0. The summed E-state index contributed by atoms with van der Waals surface area (Å²) in [5.41, 5.74) is 4.64. The molecule has 118 valence electrons. The van der Waals surface area contributed by atoms with E-state index in [-0.39, 0.29) is 6.04 Å². The maximum atomic E-state index is 4.21. The van der Waals surface area contributed by atoms with Gasteiger partial charge in [-0.05, 0) is 22.3 Å². The van der Waals surface area contributed by atoms with Gasteiger partial charge in [0.25, 0.3) is 0 Å². The fourth-order valence-corrected chi connectivity index (χ4v) is 2.86. The molecule has 3 aromatic rings. The van der Waals surface area contributed by atoms with E-state index in [9.17, 15) is 0 Å². The molecule has 0 amide bonds. The lowest BCUT2D eigenvalue weighted by Crippen LogP contribution is -2.10. The third-order valence-electron chi connectivity index (χ3n) is 4.02. The summed E-state index contributed by atoms with van der Waals surface area (Å²) in [5, 5.41) is 0. The SMILES string of the molecule is C=C/C=C(\C=C)c1ccc(C(c2ccccc2)n2ccnc2)cc1. The Morgan fingerprint density at radius 2 is 1.67 bits per heavy atom. The molecule has 0 spiro atoms. The van der Waals surface area contributed by atoms with Crippen molar-refractivity contribution in [3.8, 4) is 0 Å². The van der Waals surface area contributed by atoms with Gasteiger partial charge in [0.2, 0.25) is 0 Å². The second-order valence-electron chi connectivity index (χ2n) is 5.51. The molecule has 0 saturated heterocycles. The number of aromatic nitrogens is 2. The molecule has 1 heterocycles. The molecular weight excluding hydrogens is 292 g/mol. The maximum Gasteiger partial charge on any atom is 0.0954 e. The minimum Gasteiger partial charge on any atom is -0.326 e. The first-order valence-electron chi connectivity index (χ1n) is 7.91. The molecule has 3 rings (SSSR count). The second kappa shape index (κ2) is 7.42. The van der Waals surface area contributed by atoms with Gasteiger partial charge in [-0.1, -0.05) is 86.0 Å².